The lowest BCUT2D eigenvalue weighted by Gasteiger charge is -2.38. The lowest BCUT2D eigenvalue weighted by molar-refractivity contribution is -0.279. The molecule has 0 aromatic heterocycles. The summed E-state index contributed by atoms with van der Waals surface area (Å²) in [5, 5.41) is 0. The summed E-state index contributed by atoms with van der Waals surface area (Å²) in [6.45, 7) is 6.82. The summed E-state index contributed by atoms with van der Waals surface area (Å²) in [7, 11) is 0. The minimum Gasteiger partial charge on any atom is -0.350 e. The zero-order valence-electron chi connectivity index (χ0n) is 10.7. The van der Waals surface area contributed by atoms with Crippen molar-refractivity contribution < 1.29 is 9.47 Å². The van der Waals surface area contributed by atoms with E-state index in [1.807, 2.05) is 32.0 Å². The number of benzene rings is 1. The Balaban J connectivity index is 2.04. The Morgan fingerprint density at radius 1 is 1.24 bits per heavy atom. The molecule has 0 amide bonds. The van der Waals surface area contributed by atoms with Crippen molar-refractivity contribution in [1.82, 2.24) is 0 Å². The van der Waals surface area contributed by atoms with E-state index < -0.39 is 5.79 Å². The SMILES string of the molecule is C[C@@H]1COC(C)(C)O[C@H]1C=Cc1ccccc1. The third-order valence-electron chi connectivity index (χ3n) is 2.95. The van der Waals surface area contributed by atoms with E-state index in [0.29, 0.717) is 5.92 Å². The molecule has 1 aromatic carbocycles. The van der Waals surface area contributed by atoms with Crippen LogP contribution in [0.25, 0.3) is 6.08 Å². The average molecular weight is 232 g/mol. The first-order valence-corrected chi connectivity index (χ1v) is 6.12. The maximum Gasteiger partial charge on any atom is 0.163 e. The molecule has 17 heavy (non-hydrogen) atoms. The third-order valence-corrected chi connectivity index (χ3v) is 2.95. The minimum atomic E-state index is -0.474. The second kappa shape index (κ2) is 5.03. The van der Waals surface area contributed by atoms with Crippen LogP contribution in [0.1, 0.15) is 26.3 Å². The van der Waals surface area contributed by atoms with Crippen molar-refractivity contribution in [3.63, 3.8) is 0 Å². The molecule has 0 spiro atoms. The molecule has 2 atom stereocenters. The molecule has 1 heterocycles. The van der Waals surface area contributed by atoms with Gasteiger partial charge in [-0.3, -0.25) is 0 Å². The molecular formula is C15H20O2. The topological polar surface area (TPSA) is 18.5 Å². The molecule has 0 saturated carbocycles. The molecule has 0 radical (unpaired) electrons. The molecule has 2 heteroatoms. The summed E-state index contributed by atoms with van der Waals surface area (Å²) >= 11 is 0. The van der Waals surface area contributed by atoms with Gasteiger partial charge in [0.15, 0.2) is 5.79 Å². The summed E-state index contributed by atoms with van der Waals surface area (Å²) in [6.07, 6.45) is 4.37. The molecule has 1 saturated heterocycles. The van der Waals surface area contributed by atoms with E-state index in [9.17, 15) is 0 Å². The van der Waals surface area contributed by atoms with Gasteiger partial charge in [-0.2, -0.15) is 0 Å². The number of ether oxygens (including phenoxy) is 2. The van der Waals surface area contributed by atoms with Crippen molar-refractivity contribution in [3.05, 3.63) is 42.0 Å². The highest BCUT2D eigenvalue weighted by Gasteiger charge is 2.32. The molecule has 0 aliphatic carbocycles. The zero-order chi connectivity index (χ0) is 12.3. The Kier molecular flexibility index (Phi) is 3.65. The maximum atomic E-state index is 5.90. The Bertz CT molecular complexity index is 381. The van der Waals surface area contributed by atoms with Gasteiger partial charge < -0.3 is 9.47 Å². The number of hydrogen-bond acceptors (Lipinski definition) is 2. The summed E-state index contributed by atoms with van der Waals surface area (Å²) in [5.74, 6) is -0.0823. The van der Waals surface area contributed by atoms with E-state index in [0.717, 1.165) is 6.61 Å². The highest BCUT2D eigenvalue weighted by atomic mass is 16.7. The van der Waals surface area contributed by atoms with E-state index in [4.69, 9.17) is 9.47 Å². The van der Waals surface area contributed by atoms with Gasteiger partial charge in [0.2, 0.25) is 0 Å². The van der Waals surface area contributed by atoms with Gasteiger partial charge in [-0.1, -0.05) is 49.4 Å². The molecule has 1 aliphatic rings. The molecule has 2 nitrogen and oxygen atoms in total. The molecule has 0 unspecified atom stereocenters. The lowest BCUT2D eigenvalue weighted by Crippen LogP contribution is -2.43. The molecule has 1 aromatic rings. The van der Waals surface area contributed by atoms with Crippen molar-refractivity contribution in [1.29, 1.82) is 0 Å². The molecule has 0 bridgehead atoms. The number of hydrogen-bond donors (Lipinski definition) is 0. The minimum absolute atomic E-state index is 0.124. The largest absolute Gasteiger partial charge is 0.350 e. The fourth-order valence-corrected chi connectivity index (χ4v) is 1.90. The first-order valence-electron chi connectivity index (χ1n) is 6.12. The van der Waals surface area contributed by atoms with Crippen LogP contribution in [-0.4, -0.2) is 18.5 Å². The first-order chi connectivity index (χ1) is 8.07. The lowest BCUT2D eigenvalue weighted by atomic mass is 10.0. The van der Waals surface area contributed by atoms with Gasteiger partial charge in [0.25, 0.3) is 0 Å². The third kappa shape index (κ3) is 3.42. The second-order valence-corrected chi connectivity index (χ2v) is 5.04. The van der Waals surface area contributed by atoms with Gasteiger partial charge in [-0.05, 0) is 19.4 Å². The van der Waals surface area contributed by atoms with Gasteiger partial charge in [0, 0.05) is 5.92 Å². The highest BCUT2D eigenvalue weighted by molar-refractivity contribution is 5.49. The fraction of sp³-hybridized carbons (Fsp3) is 0.467. The van der Waals surface area contributed by atoms with Crippen molar-refractivity contribution in [2.45, 2.75) is 32.7 Å². The molecule has 92 valence electrons. The van der Waals surface area contributed by atoms with Crippen LogP contribution in [0.2, 0.25) is 0 Å². The van der Waals surface area contributed by atoms with Gasteiger partial charge >= 0.3 is 0 Å². The van der Waals surface area contributed by atoms with Crippen molar-refractivity contribution in [3.8, 4) is 0 Å². The van der Waals surface area contributed by atoms with Crippen LogP contribution in [0.5, 0.6) is 0 Å². The Morgan fingerprint density at radius 3 is 2.65 bits per heavy atom. The van der Waals surface area contributed by atoms with Crippen LogP contribution in [-0.2, 0) is 9.47 Å². The van der Waals surface area contributed by atoms with Gasteiger partial charge in [0.05, 0.1) is 12.7 Å². The predicted molar refractivity (Wildman–Crippen MR) is 69.5 cm³/mol. The van der Waals surface area contributed by atoms with Gasteiger partial charge in [-0.15, -0.1) is 0 Å². The van der Waals surface area contributed by atoms with Gasteiger partial charge in [-0.25, -0.2) is 0 Å². The zero-order valence-corrected chi connectivity index (χ0v) is 10.7. The monoisotopic (exact) mass is 232 g/mol. The van der Waals surface area contributed by atoms with Gasteiger partial charge in [0.1, 0.15) is 0 Å². The molecule has 2 rings (SSSR count). The Morgan fingerprint density at radius 2 is 1.94 bits per heavy atom. The van der Waals surface area contributed by atoms with Crippen molar-refractivity contribution in [2.24, 2.45) is 5.92 Å². The van der Waals surface area contributed by atoms with Crippen LogP contribution >= 0.6 is 0 Å². The Hall–Kier alpha value is -1.12. The van der Waals surface area contributed by atoms with Crippen LogP contribution < -0.4 is 0 Å². The second-order valence-electron chi connectivity index (χ2n) is 5.04. The normalized spacial score (nSPS) is 28.4. The standard InChI is InChI=1S/C15H20O2/c1-12-11-16-15(2,3)17-14(12)10-9-13-7-5-4-6-8-13/h4-10,12,14H,11H2,1-3H3/t12-,14+/m1/s1. The number of rotatable bonds is 2. The van der Waals surface area contributed by atoms with E-state index in [2.05, 4.69) is 31.2 Å². The fourth-order valence-electron chi connectivity index (χ4n) is 1.90. The van der Waals surface area contributed by atoms with Crippen molar-refractivity contribution in [2.75, 3.05) is 6.61 Å². The van der Waals surface area contributed by atoms with Crippen LogP contribution in [0.15, 0.2) is 36.4 Å². The van der Waals surface area contributed by atoms with Crippen LogP contribution in [0.3, 0.4) is 0 Å². The Labute approximate surface area is 103 Å². The first kappa shape index (κ1) is 12.3. The van der Waals surface area contributed by atoms with Crippen LogP contribution in [0.4, 0.5) is 0 Å². The molecular weight excluding hydrogens is 212 g/mol. The quantitative estimate of drug-likeness (QED) is 0.777. The predicted octanol–water partition coefficient (Wildman–Crippen LogP) is 3.49. The smallest absolute Gasteiger partial charge is 0.163 e. The van der Waals surface area contributed by atoms with E-state index in [1.165, 1.54) is 5.56 Å². The maximum absolute atomic E-state index is 5.90. The van der Waals surface area contributed by atoms with Crippen LogP contribution in [0, 0.1) is 5.92 Å². The van der Waals surface area contributed by atoms with Crippen molar-refractivity contribution >= 4 is 6.08 Å². The van der Waals surface area contributed by atoms with E-state index in [1.54, 1.807) is 0 Å². The van der Waals surface area contributed by atoms with E-state index in [-0.39, 0.29) is 6.10 Å². The summed E-state index contributed by atoms with van der Waals surface area (Å²) < 4.78 is 11.5. The molecule has 0 N–H and O–H groups in total. The summed E-state index contributed by atoms with van der Waals surface area (Å²) in [5.41, 5.74) is 1.20. The summed E-state index contributed by atoms with van der Waals surface area (Å²) in [6, 6.07) is 10.3. The molecule has 1 aliphatic heterocycles. The molecule has 1 fully saturated rings. The highest BCUT2D eigenvalue weighted by Crippen LogP contribution is 2.27. The average Bonchev–Trinajstić information content (AvgIpc) is 2.32. The van der Waals surface area contributed by atoms with E-state index >= 15 is 0 Å². The summed E-state index contributed by atoms with van der Waals surface area (Å²) in [4.78, 5) is 0.